The number of rotatable bonds is 9. The topological polar surface area (TPSA) is 102 Å². The van der Waals surface area contributed by atoms with Gasteiger partial charge in [-0.15, -0.1) is 0 Å². The van der Waals surface area contributed by atoms with Crippen molar-refractivity contribution in [1.29, 1.82) is 0 Å². The molecule has 0 spiro atoms. The standard InChI is InChI=1S/C27H30N6O2/c1-5-35-25-13-19(9-11-29-25)23-14-24(33-16-32-23)31-15-17(2)18(3)20-7-6-8-21-22(27(34)28-4)10-12-30-26(20)21/h6-14,16-18H,5,15H2,1-4H3,(H,28,34)(H,31,32,33)/t17-,18?/m1/s1. The molecule has 0 aliphatic rings. The highest BCUT2D eigenvalue weighted by Crippen LogP contribution is 2.31. The minimum Gasteiger partial charge on any atom is -0.478 e. The van der Waals surface area contributed by atoms with Crippen LogP contribution in [0.4, 0.5) is 5.82 Å². The molecule has 8 heteroatoms. The molecule has 1 aromatic carbocycles. The average molecular weight is 471 g/mol. The number of fused-ring (bicyclic) bond motifs is 1. The number of carbonyl (C=O) groups excluding carboxylic acids is 1. The molecule has 0 fully saturated rings. The molecule has 0 radical (unpaired) electrons. The van der Waals surface area contributed by atoms with Gasteiger partial charge in [0.15, 0.2) is 0 Å². The second-order valence-corrected chi connectivity index (χ2v) is 8.43. The molecular weight excluding hydrogens is 440 g/mol. The SMILES string of the molecule is CCOc1cc(-c2cc(NC[C@@H](C)C(C)c3cccc4c(C(=O)NC)ccnc34)ncn2)ccn1. The molecule has 180 valence electrons. The van der Waals surface area contributed by atoms with Crippen molar-refractivity contribution in [3.8, 4) is 17.1 Å². The van der Waals surface area contributed by atoms with E-state index in [0.29, 0.717) is 24.6 Å². The Morgan fingerprint density at radius 2 is 1.86 bits per heavy atom. The fourth-order valence-electron chi connectivity index (χ4n) is 4.06. The van der Waals surface area contributed by atoms with Gasteiger partial charge in [-0.2, -0.15) is 0 Å². The first kappa shape index (κ1) is 24.1. The van der Waals surface area contributed by atoms with Crippen molar-refractivity contribution >= 4 is 22.6 Å². The Morgan fingerprint density at radius 3 is 2.66 bits per heavy atom. The Bertz CT molecular complexity index is 1330. The highest BCUT2D eigenvalue weighted by Gasteiger charge is 2.19. The lowest BCUT2D eigenvalue weighted by atomic mass is 9.87. The van der Waals surface area contributed by atoms with Gasteiger partial charge in [0, 0.05) is 49.1 Å². The zero-order valence-electron chi connectivity index (χ0n) is 20.4. The number of amides is 1. The van der Waals surface area contributed by atoms with Crippen molar-refractivity contribution < 1.29 is 9.53 Å². The number of anilines is 1. The molecule has 1 unspecified atom stereocenters. The summed E-state index contributed by atoms with van der Waals surface area (Å²) in [6, 6.07) is 13.5. The summed E-state index contributed by atoms with van der Waals surface area (Å²) >= 11 is 0. The molecule has 0 aliphatic carbocycles. The Balaban J connectivity index is 1.50. The van der Waals surface area contributed by atoms with Crippen LogP contribution in [0.5, 0.6) is 5.88 Å². The average Bonchev–Trinajstić information content (AvgIpc) is 2.90. The second-order valence-electron chi connectivity index (χ2n) is 8.43. The van der Waals surface area contributed by atoms with Crippen LogP contribution in [0.1, 0.15) is 42.6 Å². The van der Waals surface area contributed by atoms with E-state index in [1.165, 1.54) is 0 Å². The fraction of sp³-hybridized carbons (Fsp3) is 0.296. The summed E-state index contributed by atoms with van der Waals surface area (Å²) < 4.78 is 5.51. The number of benzene rings is 1. The smallest absolute Gasteiger partial charge is 0.251 e. The molecule has 8 nitrogen and oxygen atoms in total. The fourth-order valence-corrected chi connectivity index (χ4v) is 4.06. The van der Waals surface area contributed by atoms with Crippen LogP contribution in [0.25, 0.3) is 22.2 Å². The van der Waals surface area contributed by atoms with E-state index >= 15 is 0 Å². The van der Waals surface area contributed by atoms with Gasteiger partial charge in [0.05, 0.1) is 23.4 Å². The Kier molecular flexibility index (Phi) is 7.50. The maximum absolute atomic E-state index is 12.3. The van der Waals surface area contributed by atoms with Gasteiger partial charge >= 0.3 is 0 Å². The highest BCUT2D eigenvalue weighted by molar-refractivity contribution is 6.06. The number of nitrogens with zero attached hydrogens (tertiary/aromatic N) is 4. The quantitative estimate of drug-likeness (QED) is 0.366. The maximum Gasteiger partial charge on any atom is 0.251 e. The van der Waals surface area contributed by atoms with Crippen LogP contribution >= 0.6 is 0 Å². The van der Waals surface area contributed by atoms with Gasteiger partial charge in [0.2, 0.25) is 5.88 Å². The van der Waals surface area contributed by atoms with Crippen molar-refractivity contribution in [2.24, 2.45) is 5.92 Å². The van der Waals surface area contributed by atoms with Crippen molar-refractivity contribution in [2.75, 3.05) is 25.5 Å². The molecular formula is C27H30N6O2. The molecule has 2 N–H and O–H groups in total. The van der Waals surface area contributed by atoms with E-state index in [1.807, 2.05) is 37.3 Å². The molecule has 0 aliphatic heterocycles. The third-order valence-corrected chi connectivity index (χ3v) is 6.21. The Labute approximate surface area is 205 Å². The molecule has 2 atom stereocenters. The Hall–Kier alpha value is -4.07. The van der Waals surface area contributed by atoms with Gasteiger partial charge in [-0.05, 0) is 36.5 Å². The first-order valence-electron chi connectivity index (χ1n) is 11.8. The van der Waals surface area contributed by atoms with Gasteiger partial charge in [0.25, 0.3) is 5.91 Å². The molecule has 35 heavy (non-hydrogen) atoms. The van der Waals surface area contributed by atoms with Gasteiger partial charge in [-0.3, -0.25) is 9.78 Å². The monoisotopic (exact) mass is 470 g/mol. The van der Waals surface area contributed by atoms with Crippen molar-refractivity contribution in [3.63, 3.8) is 0 Å². The summed E-state index contributed by atoms with van der Waals surface area (Å²) in [5.74, 6) is 1.69. The zero-order chi connectivity index (χ0) is 24.8. The normalized spacial score (nSPS) is 12.7. The number of para-hydroxylation sites is 1. The largest absolute Gasteiger partial charge is 0.478 e. The highest BCUT2D eigenvalue weighted by atomic mass is 16.5. The number of carbonyl (C=O) groups is 1. The summed E-state index contributed by atoms with van der Waals surface area (Å²) in [6.45, 7) is 7.58. The number of aromatic nitrogens is 4. The molecule has 3 aromatic heterocycles. The summed E-state index contributed by atoms with van der Waals surface area (Å²) in [5, 5.41) is 7.02. The molecule has 3 heterocycles. The number of pyridine rings is 2. The summed E-state index contributed by atoms with van der Waals surface area (Å²) in [7, 11) is 1.64. The third kappa shape index (κ3) is 5.37. The van der Waals surface area contributed by atoms with E-state index in [1.54, 1.807) is 31.8 Å². The maximum atomic E-state index is 12.3. The van der Waals surface area contributed by atoms with Crippen LogP contribution < -0.4 is 15.4 Å². The molecule has 4 rings (SSSR count). The van der Waals surface area contributed by atoms with E-state index in [0.717, 1.165) is 33.5 Å². The molecule has 1 amide bonds. The van der Waals surface area contributed by atoms with Gasteiger partial charge < -0.3 is 15.4 Å². The van der Waals surface area contributed by atoms with E-state index in [4.69, 9.17) is 4.74 Å². The predicted molar refractivity (Wildman–Crippen MR) is 138 cm³/mol. The van der Waals surface area contributed by atoms with Crippen LogP contribution in [0.2, 0.25) is 0 Å². The number of hydrogen-bond acceptors (Lipinski definition) is 7. The van der Waals surface area contributed by atoms with Gasteiger partial charge in [0.1, 0.15) is 12.1 Å². The van der Waals surface area contributed by atoms with Crippen molar-refractivity contribution in [1.82, 2.24) is 25.3 Å². The third-order valence-electron chi connectivity index (χ3n) is 6.21. The van der Waals surface area contributed by atoms with Crippen molar-refractivity contribution in [3.05, 3.63) is 72.3 Å². The first-order chi connectivity index (χ1) is 17.0. The summed E-state index contributed by atoms with van der Waals surface area (Å²) in [4.78, 5) is 29.9. The lowest BCUT2D eigenvalue weighted by Crippen LogP contribution is -2.19. The lowest BCUT2D eigenvalue weighted by molar-refractivity contribution is 0.0964. The molecule has 4 aromatic rings. The van der Waals surface area contributed by atoms with Gasteiger partial charge in [-0.25, -0.2) is 15.0 Å². The molecule has 0 saturated heterocycles. The van der Waals surface area contributed by atoms with Crippen LogP contribution in [0, 0.1) is 5.92 Å². The van der Waals surface area contributed by atoms with E-state index in [2.05, 4.69) is 50.5 Å². The Morgan fingerprint density at radius 1 is 1.03 bits per heavy atom. The predicted octanol–water partition coefficient (Wildman–Crippen LogP) is 4.70. The lowest BCUT2D eigenvalue weighted by Gasteiger charge is -2.22. The van der Waals surface area contributed by atoms with E-state index in [-0.39, 0.29) is 17.7 Å². The van der Waals surface area contributed by atoms with Crippen LogP contribution in [-0.2, 0) is 0 Å². The van der Waals surface area contributed by atoms with Crippen LogP contribution in [0.15, 0.2) is 61.2 Å². The number of nitrogens with one attached hydrogen (secondary N) is 2. The molecule has 0 saturated carbocycles. The first-order valence-corrected chi connectivity index (χ1v) is 11.8. The second kappa shape index (κ2) is 10.9. The minimum absolute atomic E-state index is 0.112. The van der Waals surface area contributed by atoms with Crippen LogP contribution in [0.3, 0.4) is 0 Å². The molecule has 0 bridgehead atoms. The summed E-state index contributed by atoms with van der Waals surface area (Å²) in [5.41, 5.74) is 4.33. The minimum atomic E-state index is -0.112. The van der Waals surface area contributed by atoms with Crippen LogP contribution in [-0.4, -0.2) is 46.0 Å². The van der Waals surface area contributed by atoms with Gasteiger partial charge in [-0.1, -0.05) is 32.0 Å². The van der Waals surface area contributed by atoms with E-state index < -0.39 is 0 Å². The van der Waals surface area contributed by atoms with Crippen molar-refractivity contribution in [2.45, 2.75) is 26.7 Å². The zero-order valence-corrected chi connectivity index (χ0v) is 20.4. The number of ether oxygens (including phenoxy) is 1. The summed E-state index contributed by atoms with van der Waals surface area (Å²) in [6.07, 6.45) is 4.97. The number of hydrogen-bond donors (Lipinski definition) is 2. The van der Waals surface area contributed by atoms with E-state index in [9.17, 15) is 4.79 Å².